The number of anilines is 1. The average Bonchev–Trinajstić information content (AvgIpc) is 3.15. The van der Waals surface area contributed by atoms with Crippen LogP contribution in [0.1, 0.15) is 21.5 Å². The fourth-order valence-corrected chi connectivity index (χ4v) is 3.94. The van der Waals surface area contributed by atoms with Crippen LogP contribution in [-0.2, 0) is 11.2 Å². The lowest BCUT2D eigenvalue weighted by atomic mass is 10.1. The number of nitrogens with zero attached hydrogens (tertiary/aromatic N) is 2. The molecule has 0 aliphatic carbocycles. The van der Waals surface area contributed by atoms with E-state index in [1.54, 1.807) is 12.1 Å². The molecule has 144 valence electrons. The molecule has 0 spiro atoms. The summed E-state index contributed by atoms with van der Waals surface area (Å²) in [5.74, 6) is -0.0253. The van der Waals surface area contributed by atoms with E-state index in [9.17, 15) is 9.59 Å². The van der Waals surface area contributed by atoms with Crippen LogP contribution in [0.25, 0.3) is 0 Å². The summed E-state index contributed by atoms with van der Waals surface area (Å²) < 4.78 is 0.636. The van der Waals surface area contributed by atoms with Crippen LogP contribution in [-0.4, -0.2) is 34.3 Å². The van der Waals surface area contributed by atoms with Crippen molar-refractivity contribution < 1.29 is 9.59 Å². The molecule has 6 nitrogen and oxygen atoms in total. The van der Waals surface area contributed by atoms with Crippen LogP contribution in [0.4, 0.5) is 5.13 Å². The zero-order valence-corrected chi connectivity index (χ0v) is 17.0. The second kappa shape index (κ2) is 10.0. The van der Waals surface area contributed by atoms with Gasteiger partial charge in [0.2, 0.25) is 11.0 Å². The lowest BCUT2D eigenvalue weighted by Gasteiger charge is -2.04. The minimum absolute atomic E-state index is 0.0543. The van der Waals surface area contributed by atoms with Gasteiger partial charge in [0.05, 0.1) is 5.75 Å². The van der Waals surface area contributed by atoms with Gasteiger partial charge in [0.15, 0.2) is 4.34 Å². The van der Waals surface area contributed by atoms with E-state index < -0.39 is 0 Å². The molecule has 0 saturated carbocycles. The molecular weight excluding hydrogens is 392 g/mol. The molecule has 0 unspecified atom stereocenters. The number of aromatic nitrogens is 2. The summed E-state index contributed by atoms with van der Waals surface area (Å²) in [5, 5.41) is 14.0. The molecule has 2 aromatic carbocycles. The first-order valence-electron chi connectivity index (χ1n) is 8.75. The Morgan fingerprint density at radius 2 is 1.79 bits per heavy atom. The Bertz CT molecular complexity index is 927. The van der Waals surface area contributed by atoms with Gasteiger partial charge in [-0.3, -0.25) is 14.9 Å². The van der Waals surface area contributed by atoms with Crippen molar-refractivity contribution in [1.82, 2.24) is 15.5 Å². The first-order chi connectivity index (χ1) is 13.6. The molecule has 1 aromatic heterocycles. The molecule has 0 atom stereocenters. The van der Waals surface area contributed by atoms with Crippen molar-refractivity contribution in [3.63, 3.8) is 0 Å². The molecule has 0 saturated heterocycles. The summed E-state index contributed by atoms with van der Waals surface area (Å²) in [6.07, 6.45) is 0.797. The molecule has 8 heteroatoms. The van der Waals surface area contributed by atoms with E-state index in [1.165, 1.54) is 28.7 Å². The summed E-state index contributed by atoms with van der Waals surface area (Å²) in [6, 6.07) is 17.3. The van der Waals surface area contributed by atoms with Gasteiger partial charge in [-0.15, -0.1) is 10.2 Å². The van der Waals surface area contributed by atoms with Gasteiger partial charge in [-0.2, -0.15) is 0 Å². The third-order valence-corrected chi connectivity index (χ3v) is 5.82. The fraction of sp³-hybridized carbons (Fsp3) is 0.200. The largest absolute Gasteiger partial charge is 0.355 e. The van der Waals surface area contributed by atoms with Crippen molar-refractivity contribution in [3.05, 3.63) is 71.3 Å². The second-order valence-corrected chi connectivity index (χ2v) is 8.27. The van der Waals surface area contributed by atoms with Crippen LogP contribution in [0, 0.1) is 6.92 Å². The predicted octanol–water partition coefficient (Wildman–Crippen LogP) is 3.55. The third kappa shape index (κ3) is 6.17. The van der Waals surface area contributed by atoms with Crippen molar-refractivity contribution in [2.24, 2.45) is 0 Å². The number of amides is 2. The Labute approximate surface area is 171 Å². The molecule has 1 heterocycles. The zero-order chi connectivity index (χ0) is 19.8. The lowest BCUT2D eigenvalue weighted by Crippen LogP contribution is -2.27. The Morgan fingerprint density at radius 1 is 1.04 bits per heavy atom. The number of hydrogen-bond acceptors (Lipinski definition) is 6. The van der Waals surface area contributed by atoms with E-state index in [4.69, 9.17) is 0 Å². The summed E-state index contributed by atoms with van der Waals surface area (Å²) in [4.78, 5) is 24.2. The van der Waals surface area contributed by atoms with Gasteiger partial charge >= 0.3 is 0 Å². The molecular formula is C20H20N4O2S2. The van der Waals surface area contributed by atoms with E-state index in [2.05, 4.69) is 20.8 Å². The van der Waals surface area contributed by atoms with Gasteiger partial charge in [0.1, 0.15) is 0 Å². The maximum absolute atomic E-state index is 12.2. The van der Waals surface area contributed by atoms with Gasteiger partial charge in [-0.05, 0) is 31.0 Å². The molecule has 2 N–H and O–H groups in total. The Hall–Kier alpha value is -2.71. The third-order valence-electron chi connectivity index (χ3n) is 3.85. The Kier molecular flexibility index (Phi) is 7.16. The maximum atomic E-state index is 12.2. The monoisotopic (exact) mass is 412 g/mol. The van der Waals surface area contributed by atoms with Crippen LogP contribution < -0.4 is 10.6 Å². The highest BCUT2D eigenvalue weighted by molar-refractivity contribution is 8.01. The second-order valence-electron chi connectivity index (χ2n) is 6.07. The fourth-order valence-electron chi connectivity index (χ4n) is 2.36. The van der Waals surface area contributed by atoms with Gasteiger partial charge < -0.3 is 5.32 Å². The number of nitrogens with one attached hydrogen (secondary N) is 2. The standard InChI is InChI=1S/C20H20N4O2S2/c1-14-7-9-16(10-8-14)18(26)22-19-23-24-20(28-19)27-13-17(25)21-12-11-15-5-3-2-4-6-15/h2-10H,11-13H2,1H3,(H,21,25)(H,22,23,26). The molecule has 3 aromatic rings. The molecule has 0 radical (unpaired) electrons. The number of carbonyl (C=O) groups is 2. The topological polar surface area (TPSA) is 84.0 Å². The molecule has 0 aliphatic rings. The number of rotatable bonds is 8. The van der Waals surface area contributed by atoms with Crippen LogP contribution in [0.2, 0.25) is 0 Å². The minimum Gasteiger partial charge on any atom is -0.355 e. The average molecular weight is 413 g/mol. The zero-order valence-electron chi connectivity index (χ0n) is 15.3. The highest BCUT2D eigenvalue weighted by atomic mass is 32.2. The van der Waals surface area contributed by atoms with E-state index in [0.29, 0.717) is 21.6 Å². The number of thioether (sulfide) groups is 1. The maximum Gasteiger partial charge on any atom is 0.257 e. The van der Waals surface area contributed by atoms with Crippen LogP contribution in [0.3, 0.4) is 0 Å². The number of carbonyl (C=O) groups excluding carboxylic acids is 2. The minimum atomic E-state index is -0.230. The highest BCUT2D eigenvalue weighted by Crippen LogP contribution is 2.25. The van der Waals surface area contributed by atoms with Crippen molar-refractivity contribution in [2.75, 3.05) is 17.6 Å². The molecule has 0 fully saturated rings. The predicted molar refractivity (Wildman–Crippen MR) is 113 cm³/mol. The molecule has 28 heavy (non-hydrogen) atoms. The van der Waals surface area contributed by atoms with Crippen LogP contribution in [0.15, 0.2) is 58.9 Å². The van der Waals surface area contributed by atoms with E-state index in [0.717, 1.165) is 12.0 Å². The molecule has 0 aliphatic heterocycles. The van der Waals surface area contributed by atoms with Crippen LogP contribution >= 0.6 is 23.1 Å². The number of benzene rings is 2. The van der Waals surface area contributed by atoms with Crippen molar-refractivity contribution >= 4 is 40.0 Å². The summed E-state index contributed by atoms with van der Waals surface area (Å²) in [7, 11) is 0. The lowest BCUT2D eigenvalue weighted by molar-refractivity contribution is -0.118. The van der Waals surface area contributed by atoms with Gasteiger partial charge in [0, 0.05) is 12.1 Å². The molecule has 2 amide bonds. The van der Waals surface area contributed by atoms with Crippen molar-refractivity contribution in [2.45, 2.75) is 17.7 Å². The Balaban J connectivity index is 1.41. The van der Waals surface area contributed by atoms with Crippen LogP contribution in [0.5, 0.6) is 0 Å². The molecule has 3 rings (SSSR count). The first kappa shape index (κ1) is 20.0. The SMILES string of the molecule is Cc1ccc(C(=O)Nc2nnc(SCC(=O)NCCc3ccccc3)s2)cc1. The van der Waals surface area contributed by atoms with Gasteiger partial charge in [0.25, 0.3) is 5.91 Å². The van der Waals surface area contributed by atoms with Gasteiger partial charge in [-0.1, -0.05) is 71.1 Å². The van der Waals surface area contributed by atoms with E-state index in [-0.39, 0.29) is 17.6 Å². The first-order valence-corrected chi connectivity index (χ1v) is 10.6. The van der Waals surface area contributed by atoms with E-state index in [1.807, 2.05) is 49.4 Å². The molecule has 0 bridgehead atoms. The van der Waals surface area contributed by atoms with Crippen molar-refractivity contribution in [1.29, 1.82) is 0 Å². The van der Waals surface area contributed by atoms with Gasteiger partial charge in [-0.25, -0.2) is 0 Å². The summed E-state index contributed by atoms with van der Waals surface area (Å²) in [5.41, 5.74) is 2.84. The quantitative estimate of drug-likeness (QED) is 0.437. The highest BCUT2D eigenvalue weighted by Gasteiger charge is 2.11. The summed E-state index contributed by atoms with van der Waals surface area (Å²) in [6.45, 7) is 2.56. The summed E-state index contributed by atoms with van der Waals surface area (Å²) >= 11 is 2.55. The Morgan fingerprint density at radius 3 is 2.54 bits per heavy atom. The van der Waals surface area contributed by atoms with E-state index >= 15 is 0 Å². The normalized spacial score (nSPS) is 10.5. The number of aryl methyl sites for hydroxylation is 1. The smallest absolute Gasteiger partial charge is 0.257 e. The number of hydrogen-bond donors (Lipinski definition) is 2. The van der Waals surface area contributed by atoms with Crippen molar-refractivity contribution in [3.8, 4) is 0 Å².